The number of benzene rings is 1. The molecule has 0 spiro atoms. The normalized spacial score (nSPS) is 26.4. The van der Waals surface area contributed by atoms with Crippen LogP contribution in [-0.4, -0.2) is 28.2 Å². The molecule has 25 heavy (non-hydrogen) atoms. The Morgan fingerprint density at radius 2 is 2.12 bits per heavy atom. The van der Waals surface area contributed by atoms with Gasteiger partial charge in [-0.15, -0.1) is 0 Å². The van der Waals surface area contributed by atoms with Gasteiger partial charge in [-0.25, -0.2) is 4.39 Å². The van der Waals surface area contributed by atoms with Crippen LogP contribution < -0.4 is 5.73 Å². The summed E-state index contributed by atoms with van der Waals surface area (Å²) >= 11 is 0. The Hall–Kier alpha value is -1.44. The van der Waals surface area contributed by atoms with Crippen LogP contribution in [-0.2, 0) is 16.6 Å². The summed E-state index contributed by atoms with van der Waals surface area (Å²) in [6.07, 6.45) is 3.71. The SMILES string of the molecule is C[C@@]1(C(=O)O)c2cc([C@H](N)C3CC3)c(F)cc2C[C@@H]1CCCB(O)O. The van der Waals surface area contributed by atoms with Crippen LogP contribution in [0, 0.1) is 17.7 Å². The third-order valence-electron chi connectivity index (χ3n) is 6.01. The Morgan fingerprint density at radius 1 is 1.44 bits per heavy atom. The molecule has 2 aliphatic rings. The molecule has 5 nitrogen and oxygen atoms in total. The van der Waals surface area contributed by atoms with E-state index in [0.29, 0.717) is 30.4 Å². The highest BCUT2D eigenvalue weighted by atomic mass is 19.1. The summed E-state index contributed by atoms with van der Waals surface area (Å²) in [4.78, 5) is 12.1. The fraction of sp³-hybridized carbons (Fsp3) is 0.611. The Morgan fingerprint density at radius 3 is 2.68 bits per heavy atom. The third kappa shape index (κ3) is 3.33. The van der Waals surface area contributed by atoms with Crippen LogP contribution >= 0.6 is 0 Å². The summed E-state index contributed by atoms with van der Waals surface area (Å²) < 4.78 is 14.5. The first-order valence-electron chi connectivity index (χ1n) is 8.93. The Balaban J connectivity index is 1.92. The van der Waals surface area contributed by atoms with E-state index in [1.165, 1.54) is 6.07 Å². The summed E-state index contributed by atoms with van der Waals surface area (Å²) in [5.41, 5.74) is 6.85. The molecule has 1 saturated carbocycles. The van der Waals surface area contributed by atoms with Crippen molar-refractivity contribution in [3.8, 4) is 0 Å². The molecule has 3 atom stereocenters. The zero-order valence-electron chi connectivity index (χ0n) is 14.4. The van der Waals surface area contributed by atoms with E-state index < -0.39 is 18.5 Å². The molecular formula is C18H25BFNO4. The molecule has 7 heteroatoms. The fourth-order valence-corrected chi connectivity index (χ4v) is 4.17. The van der Waals surface area contributed by atoms with Crippen molar-refractivity contribution >= 4 is 13.1 Å². The van der Waals surface area contributed by atoms with Gasteiger partial charge in [0.1, 0.15) is 5.82 Å². The zero-order chi connectivity index (χ0) is 18.4. The highest BCUT2D eigenvalue weighted by molar-refractivity contribution is 6.40. The maximum Gasteiger partial charge on any atom is 0.451 e. The maximum atomic E-state index is 14.5. The van der Waals surface area contributed by atoms with Gasteiger partial charge in [0.05, 0.1) is 5.41 Å². The molecule has 0 bridgehead atoms. The number of carboxylic acids is 1. The average Bonchev–Trinajstić information content (AvgIpc) is 3.33. The van der Waals surface area contributed by atoms with Crippen LogP contribution in [0.15, 0.2) is 12.1 Å². The van der Waals surface area contributed by atoms with Gasteiger partial charge in [-0.05, 0) is 74.0 Å². The monoisotopic (exact) mass is 349 g/mol. The molecule has 0 radical (unpaired) electrons. The summed E-state index contributed by atoms with van der Waals surface area (Å²) in [6, 6.07) is 2.74. The molecule has 0 saturated heterocycles. The summed E-state index contributed by atoms with van der Waals surface area (Å²) in [5, 5.41) is 27.9. The quantitative estimate of drug-likeness (QED) is 0.564. The van der Waals surface area contributed by atoms with Crippen LogP contribution in [0.1, 0.15) is 55.3 Å². The van der Waals surface area contributed by atoms with E-state index >= 15 is 0 Å². The molecule has 136 valence electrons. The van der Waals surface area contributed by atoms with Crippen molar-refractivity contribution < 1.29 is 24.3 Å². The minimum absolute atomic E-state index is 0.203. The van der Waals surface area contributed by atoms with Gasteiger partial charge in [0, 0.05) is 11.6 Å². The number of rotatable bonds is 7. The molecule has 1 aromatic rings. The molecule has 1 aromatic carbocycles. The minimum atomic E-state index is -1.39. The predicted molar refractivity (Wildman–Crippen MR) is 92.5 cm³/mol. The fourth-order valence-electron chi connectivity index (χ4n) is 4.17. The van der Waals surface area contributed by atoms with E-state index in [1.54, 1.807) is 13.0 Å². The van der Waals surface area contributed by atoms with Gasteiger partial charge in [0.25, 0.3) is 0 Å². The van der Waals surface area contributed by atoms with Crippen molar-refractivity contribution in [2.24, 2.45) is 17.6 Å². The van der Waals surface area contributed by atoms with E-state index in [0.717, 1.165) is 18.4 Å². The second-order valence-electron chi connectivity index (χ2n) is 7.71. The maximum absolute atomic E-state index is 14.5. The number of fused-ring (bicyclic) bond motifs is 1. The van der Waals surface area contributed by atoms with Crippen molar-refractivity contribution in [3.63, 3.8) is 0 Å². The zero-order valence-corrected chi connectivity index (χ0v) is 14.4. The van der Waals surface area contributed by atoms with Crippen molar-refractivity contribution in [1.82, 2.24) is 0 Å². The van der Waals surface area contributed by atoms with Gasteiger partial charge >= 0.3 is 13.1 Å². The summed E-state index contributed by atoms with van der Waals surface area (Å²) in [5.74, 6) is -1.20. The number of hydrogen-bond acceptors (Lipinski definition) is 4. The van der Waals surface area contributed by atoms with E-state index in [9.17, 15) is 14.3 Å². The van der Waals surface area contributed by atoms with E-state index in [-0.39, 0.29) is 30.0 Å². The molecule has 0 amide bonds. The Kier molecular flexibility index (Phi) is 4.92. The Labute approximate surface area is 147 Å². The highest BCUT2D eigenvalue weighted by Gasteiger charge is 2.49. The molecule has 0 aliphatic heterocycles. The van der Waals surface area contributed by atoms with E-state index in [4.69, 9.17) is 15.8 Å². The molecule has 3 rings (SSSR count). The number of hydrogen-bond donors (Lipinski definition) is 4. The lowest BCUT2D eigenvalue weighted by Gasteiger charge is -2.29. The molecule has 2 aliphatic carbocycles. The van der Waals surface area contributed by atoms with Gasteiger partial charge in [0.15, 0.2) is 0 Å². The van der Waals surface area contributed by atoms with Crippen molar-refractivity contribution in [2.75, 3.05) is 0 Å². The minimum Gasteiger partial charge on any atom is -0.481 e. The largest absolute Gasteiger partial charge is 0.481 e. The van der Waals surface area contributed by atoms with Crippen LogP contribution in [0.4, 0.5) is 4.39 Å². The lowest BCUT2D eigenvalue weighted by Crippen LogP contribution is -2.37. The van der Waals surface area contributed by atoms with E-state index in [2.05, 4.69) is 0 Å². The second kappa shape index (κ2) is 6.70. The highest BCUT2D eigenvalue weighted by Crippen LogP contribution is 2.48. The summed E-state index contributed by atoms with van der Waals surface area (Å²) in [7, 11) is -1.39. The topological polar surface area (TPSA) is 104 Å². The molecular weight excluding hydrogens is 324 g/mol. The lowest BCUT2D eigenvalue weighted by molar-refractivity contribution is -0.145. The molecule has 5 N–H and O–H groups in total. The first-order chi connectivity index (χ1) is 11.7. The molecule has 0 aromatic heterocycles. The number of halogens is 1. The molecule has 0 unspecified atom stereocenters. The number of nitrogens with two attached hydrogens (primary N) is 1. The number of aliphatic carboxylic acids is 1. The molecule has 1 fully saturated rings. The van der Waals surface area contributed by atoms with Crippen molar-refractivity contribution in [1.29, 1.82) is 0 Å². The van der Waals surface area contributed by atoms with Gasteiger partial charge in [-0.3, -0.25) is 4.79 Å². The second-order valence-corrected chi connectivity index (χ2v) is 7.71. The van der Waals surface area contributed by atoms with Crippen molar-refractivity contribution in [2.45, 2.75) is 56.8 Å². The van der Waals surface area contributed by atoms with Gasteiger partial charge in [-0.2, -0.15) is 0 Å². The number of carbonyl (C=O) groups is 1. The van der Waals surface area contributed by atoms with Crippen LogP contribution in [0.2, 0.25) is 6.32 Å². The van der Waals surface area contributed by atoms with Crippen molar-refractivity contribution in [3.05, 3.63) is 34.6 Å². The smallest absolute Gasteiger partial charge is 0.451 e. The van der Waals surface area contributed by atoms with Crippen LogP contribution in [0.3, 0.4) is 0 Å². The third-order valence-corrected chi connectivity index (χ3v) is 6.01. The Bertz CT molecular complexity index is 679. The van der Waals surface area contributed by atoms with Gasteiger partial charge < -0.3 is 20.9 Å². The van der Waals surface area contributed by atoms with Gasteiger partial charge in [0.2, 0.25) is 0 Å². The first-order valence-corrected chi connectivity index (χ1v) is 8.93. The lowest BCUT2D eigenvalue weighted by atomic mass is 9.72. The van der Waals surface area contributed by atoms with E-state index in [1.807, 2.05) is 0 Å². The van der Waals surface area contributed by atoms with Crippen LogP contribution in [0.25, 0.3) is 0 Å². The number of carboxylic acid groups (broad SMARTS) is 1. The molecule has 0 heterocycles. The average molecular weight is 349 g/mol. The first kappa shape index (κ1) is 18.4. The summed E-state index contributed by atoms with van der Waals surface area (Å²) in [6.45, 7) is 1.69. The van der Waals surface area contributed by atoms with Crippen LogP contribution in [0.5, 0.6) is 0 Å². The van der Waals surface area contributed by atoms with Gasteiger partial charge in [-0.1, -0.05) is 6.42 Å². The standard InChI is InChI=1S/C18H25BFNO4/c1-18(17(22)23)12(3-2-6-19(24)25)7-11-8-15(20)13(9-14(11)18)16(21)10-4-5-10/h8-10,12,16,24-25H,2-7,21H2,1H3,(H,22,23)/t12-,16+,18-/m0/s1. The predicted octanol–water partition coefficient (Wildman–Crippen LogP) is 2.00.